The van der Waals surface area contributed by atoms with Gasteiger partial charge in [-0.3, -0.25) is 0 Å². The van der Waals surface area contributed by atoms with Crippen molar-refractivity contribution in [2.24, 2.45) is 5.73 Å². The second-order valence-corrected chi connectivity index (χ2v) is 3.22. The highest BCUT2D eigenvalue weighted by Crippen LogP contribution is 1.83. The van der Waals surface area contributed by atoms with Gasteiger partial charge in [0.25, 0.3) is 0 Å². The molecule has 0 rings (SSSR count). The van der Waals surface area contributed by atoms with Crippen LogP contribution in [-0.2, 0) is 23.7 Å². The van der Waals surface area contributed by atoms with Gasteiger partial charge in [0.05, 0.1) is 39.6 Å². The van der Waals surface area contributed by atoms with Crippen LogP contribution in [-0.4, -0.2) is 65.7 Å². The van der Waals surface area contributed by atoms with Gasteiger partial charge in [-0.15, -0.1) is 0 Å². The van der Waals surface area contributed by atoms with E-state index < -0.39 is 0 Å². The van der Waals surface area contributed by atoms with E-state index in [0.29, 0.717) is 59.1 Å². The van der Waals surface area contributed by atoms with Crippen LogP contribution in [0.1, 0.15) is 6.42 Å². The van der Waals surface area contributed by atoms with E-state index in [4.69, 9.17) is 24.7 Å². The van der Waals surface area contributed by atoms with Gasteiger partial charge in [-0.25, -0.2) is 0 Å². The van der Waals surface area contributed by atoms with Crippen molar-refractivity contribution >= 4 is 6.29 Å². The molecule has 0 fully saturated rings. The third-order valence-corrected chi connectivity index (χ3v) is 1.79. The molecule has 102 valence electrons. The molecule has 0 aliphatic heterocycles. The van der Waals surface area contributed by atoms with Crippen LogP contribution in [0.4, 0.5) is 0 Å². The molecule has 0 aromatic carbocycles. The average molecular weight is 249 g/mol. The molecule has 0 atom stereocenters. The van der Waals surface area contributed by atoms with Gasteiger partial charge in [0.2, 0.25) is 0 Å². The van der Waals surface area contributed by atoms with Crippen LogP contribution in [0.5, 0.6) is 0 Å². The van der Waals surface area contributed by atoms with Gasteiger partial charge in [-0.2, -0.15) is 0 Å². The van der Waals surface area contributed by atoms with E-state index in [-0.39, 0.29) is 6.61 Å². The number of aldehydes is 1. The van der Waals surface area contributed by atoms with Gasteiger partial charge in [0.15, 0.2) is 0 Å². The van der Waals surface area contributed by atoms with Crippen molar-refractivity contribution in [3.8, 4) is 0 Å². The molecule has 0 amide bonds. The number of carbonyl (C=O) groups excluding carboxylic acids is 1. The van der Waals surface area contributed by atoms with Gasteiger partial charge < -0.3 is 29.5 Å². The molecule has 0 aromatic heterocycles. The maximum absolute atomic E-state index is 9.90. The third-order valence-electron chi connectivity index (χ3n) is 1.79. The molecule has 0 heterocycles. The van der Waals surface area contributed by atoms with E-state index in [1.807, 2.05) is 0 Å². The summed E-state index contributed by atoms with van der Waals surface area (Å²) in [5.74, 6) is 0. The first-order chi connectivity index (χ1) is 8.41. The van der Waals surface area contributed by atoms with E-state index in [9.17, 15) is 4.79 Å². The normalized spacial score (nSPS) is 10.6. The SMILES string of the molecule is NCCCOCCOCCOCCOCC=O. The van der Waals surface area contributed by atoms with Crippen LogP contribution in [0, 0.1) is 0 Å². The van der Waals surface area contributed by atoms with Crippen molar-refractivity contribution in [3.63, 3.8) is 0 Å². The molecule has 0 aliphatic rings. The molecular weight excluding hydrogens is 226 g/mol. The molecule has 0 saturated heterocycles. The minimum atomic E-state index is 0.125. The lowest BCUT2D eigenvalue weighted by molar-refractivity contribution is -0.112. The molecular formula is C11H23NO5. The lowest BCUT2D eigenvalue weighted by Crippen LogP contribution is -2.13. The highest BCUT2D eigenvalue weighted by atomic mass is 16.6. The van der Waals surface area contributed by atoms with Crippen molar-refractivity contribution in [2.45, 2.75) is 6.42 Å². The topological polar surface area (TPSA) is 80.0 Å². The van der Waals surface area contributed by atoms with Crippen LogP contribution < -0.4 is 5.73 Å². The maximum atomic E-state index is 9.90. The second-order valence-electron chi connectivity index (χ2n) is 3.22. The first kappa shape index (κ1) is 16.5. The summed E-state index contributed by atoms with van der Waals surface area (Å²) in [5.41, 5.74) is 5.31. The first-order valence-corrected chi connectivity index (χ1v) is 5.86. The van der Waals surface area contributed by atoms with E-state index in [1.165, 1.54) is 0 Å². The Morgan fingerprint density at radius 2 is 1.24 bits per heavy atom. The standard InChI is InChI=1S/C11H23NO5/c12-2-1-4-14-6-8-16-10-11-17-9-7-15-5-3-13/h3H,1-2,4-12H2. The fraction of sp³-hybridized carbons (Fsp3) is 0.909. The van der Waals surface area contributed by atoms with Crippen molar-refractivity contribution in [1.29, 1.82) is 0 Å². The minimum Gasteiger partial charge on any atom is -0.379 e. The van der Waals surface area contributed by atoms with Crippen molar-refractivity contribution in [2.75, 3.05) is 59.4 Å². The Hall–Kier alpha value is -0.530. The summed E-state index contributed by atoms with van der Waals surface area (Å²) in [4.78, 5) is 9.90. The second kappa shape index (κ2) is 15.5. The molecule has 0 saturated carbocycles. The monoisotopic (exact) mass is 249 g/mol. The molecule has 0 unspecified atom stereocenters. The minimum absolute atomic E-state index is 0.125. The summed E-state index contributed by atoms with van der Waals surface area (Å²) in [5, 5.41) is 0. The van der Waals surface area contributed by atoms with Gasteiger partial charge in [0, 0.05) is 6.61 Å². The van der Waals surface area contributed by atoms with Crippen LogP contribution in [0.2, 0.25) is 0 Å². The number of nitrogens with two attached hydrogens (primary N) is 1. The van der Waals surface area contributed by atoms with Crippen LogP contribution in [0.3, 0.4) is 0 Å². The fourth-order valence-electron chi connectivity index (χ4n) is 0.977. The molecule has 6 nitrogen and oxygen atoms in total. The smallest absolute Gasteiger partial charge is 0.145 e. The Morgan fingerprint density at radius 3 is 1.71 bits per heavy atom. The van der Waals surface area contributed by atoms with Crippen molar-refractivity contribution in [3.05, 3.63) is 0 Å². The summed E-state index contributed by atoms with van der Waals surface area (Å²) in [6.07, 6.45) is 1.59. The van der Waals surface area contributed by atoms with Crippen molar-refractivity contribution in [1.82, 2.24) is 0 Å². The number of hydrogen-bond donors (Lipinski definition) is 1. The summed E-state index contributed by atoms with van der Waals surface area (Å²) in [6.45, 7) is 4.58. The zero-order valence-corrected chi connectivity index (χ0v) is 10.3. The molecule has 0 radical (unpaired) electrons. The van der Waals surface area contributed by atoms with Crippen LogP contribution >= 0.6 is 0 Å². The predicted molar refractivity (Wildman–Crippen MR) is 63.0 cm³/mol. The van der Waals surface area contributed by atoms with Gasteiger partial charge in [-0.1, -0.05) is 0 Å². The Bertz CT molecular complexity index is 157. The molecule has 0 aromatic rings. The number of hydrogen-bond acceptors (Lipinski definition) is 6. The maximum Gasteiger partial charge on any atom is 0.145 e. The lowest BCUT2D eigenvalue weighted by Gasteiger charge is -2.06. The highest BCUT2D eigenvalue weighted by molar-refractivity contribution is 5.50. The Labute approximate surface area is 102 Å². The van der Waals surface area contributed by atoms with E-state index in [2.05, 4.69) is 0 Å². The van der Waals surface area contributed by atoms with E-state index in [0.717, 1.165) is 6.42 Å². The van der Waals surface area contributed by atoms with Gasteiger partial charge in [0.1, 0.15) is 12.9 Å². The predicted octanol–water partition coefficient (Wildman–Crippen LogP) is -0.399. The third kappa shape index (κ3) is 15.5. The molecule has 0 bridgehead atoms. The Morgan fingerprint density at radius 1 is 0.765 bits per heavy atom. The van der Waals surface area contributed by atoms with Gasteiger partial charge in [-0.05, 0) is 13.0 Å². The number of rotatable bonds is 14. The molecule has 17 heavy (non-hydrogen) atoms. The number of carbonyl (C=O) groups is 1. The summed E-state index contributed by atoms with van der Waals surface area (Å²) in [6, 6.07) is 0. The van der Waals surface area contributed by atoms with Crippen molar-refractivity contribution < 1.29 is 23.7 Å². The molecule has 2 N–H and O–H groups in total. The average Bonchev–Trinajstić information content (AvgIpc) is 2.35. The summed E-state index contributed by atoms with van der Waals surface area (Å²) >= 11 is 0. The summed E-state index contributed by atoms with van der Waals surface area (Å²) in [7, 11) is 0. The quantitative estimate of drug-likeness (QED) is 0.333. The molecule has 6 heteroatoms. The number of ether oxygens (including phenoxy) is 4. The van der Waals surface area contributed by atoms with E-state index in [1.54, 1.807) is 0 Å². The zero-order chi connectivity index (χ0) is 12.6. The highest BCUT2D eigenvalue weighted by Gasteiger charge is 1.92. The van der Waals surface area contributed by atoms with Gasteiger partial charge >= 0.3 is 0 Å². The fourth-order valence-corrected chi connectivity index (χ4v) is 0.977. The first-order valence-electron chi connectivity index (χ1n) is 5.86. The lowest BCUT2D eigenvalue weighted by atomic mass is 10.5. The van der Waals surface area contributed by atoms with E-state index >= 15 is 0 Å². The molecule has 0 aliphatic carbocycles. The largest absolute Gasteiger partial charge is 0.379 e. The van der Waals surface area contributed by atoms with Crippen LogP contribution in [0.15, 0.2) is 0 Å². The Kier molecular flexibility index (Phi) is 15.0. The zero-order valence-electron chi connectivity index (χ0n) is 10.3. The summed E-state index contributed by atoms with van der Waals surface area (Å²) < 4.78 is 20.6. The molecule has 0 spiro atoms. The van der Waals surface area contributed by atoms with Crippen LogP contribution in [0.25, 0.3) is 0 Å². The Balaban J connectivity index is 2.87.